The second kappa shape index (κ2) is 3.91. The van der Waals surface area contributed by atoms with Crippen molar-refractivity contribution >= 4 is 6.09 Å². The predicted octanol–water partition coefficient (Wildman–Crippen LogP) is 2.03. The van der Waals surface area contributed by atoms with Crippen LogP contribution >= 0.6 is 0 Å². The summed E-state index contributed by atoms with van der Waals surface area (Å²) in [5.74, 6) is -0.0210. The first-order valence-corrected chi connectivity index (χ1v) is 5.71. The lowest BCUT2D eigenvalue weighted by atomic mass is 9.66. The van der Waals surface area contributed by atoms with Crippen LogP contribution in [0.25, 0.3) is 0 Å². The highest BCUT2D eigenvalue weighted by Crippen LogP contribution is 2.41. The first-order valence-electron chi connectivity index (χ1n) is 5.71. The number of hydrogen-bond acceptors (Lipinski definition) is 2. The van der Waals surface area contributed by atoms with Gasteiger partial charge < -0.3 is 15.1 Å². The average molecular weight is 229 g/mol. The van der Waals surface area contributed by atoms with Gasteiger partial charge in [0.05, 0.1) is 6.10 Å². The van der Waals surface area contributed by atoms with Crippen molar-refractivity contribution in [2.75, 3.05) is 13.1 Å². The van der Waals surface area contributed by atoms with Crippen molar-refractivity contribution in [1.82, 2.24) is 4.90 Å². The third kappa shape index (κ3) is 2.48. The van der Waals surface area contributed by atoms with Crippen LogP contribution in [0.15, 0.2) is 0 Å². The Balaban J connectivity index is 2.97. The molecule has 4 nitrogen and oxygen atoms in total. The Morgan fingerprint density at radius 3 is 2.25 bits per heavy atom. The summed E-state index contributed by atoms with van der Waals surface area (Å²) >= 11 is 0. The molecule has 0 aromatic rings. The quantitative estimate of drug-likeness (QED) is 0.668. The molecule has 94 valence electrons. The summed E-state index contributed by atoms with van der Waals surface area (Å²) in [5, 5.41) is 19.4. The lowest BCUT2D eigenvalue weighted by molar-refractivity contribution is -0.0932. The summed E-state index contributed by atoms with van der Waals surface area (Å²) in [4.78, 5) is 12.5. The zero-order chi connectivity index (χ0) is 12.7. The summed E-state index contributed by atoms with van der Waals surface area (Å²) in [6.07, 6.45) is -1.35. The van der Waals surface area contributed by atoms with Crippen LogP contribution in [0, 0.1) is 16.7 Å². The highest BCUT2D eigenvalue weighted by Gasteiger charge is 2.46. The molecule has 2 N–H and O–H groups in total. The molecule has 1 fully saturated rings. The van der Waals surface area contributed by atoms with Gasteiger partial charge in [0.15, 0.2) is 0 Å². The van der Waals surface area contributed by atoms with Crippen molar-refractivity contribution in [2.24, 2.45) is 16.7 Å². The van der Waals surface area contributed by atoms with E-state index in [1.165, 1.54) is 4.90 Å². The lowest BCUT2D eigenvalue weighted by Gasteiger charge is -2.49. The van der Waals surface area contributed by atoms with Crippen molar-refractivity contribution in [3.05, 3.63) is 0 Å². The first kappa shape index (κ1) is 13.3. The number of likely N-dealkylation sites (tertiary alicyclic amines) is 1. The molecule has 0 aliphatic carbocycles. The second-order valence-electron chi connectivity index (χ2n) is 6.57. The van der Waals surface area contributed by atoms with Crippen LogP contribution in [0.1, 0.15) is 34.6 Å². The molecule has 0 radical (unpaired) electrons. The molecule has 1 aliphatic rings. The van der Waals surface area contributed by atoms with Gasteiger partial charge in [0.25, 0.3) is 0 Å². The van der Waals surface area contributed by atoms with E-state index in [0.29, 0.717) is 13.1 Å². The molecule has 0 aromatic carbocycles. The van der Waals surface area contributed by atoms with E-state index in [0.717, 1.165) is 0 Å². The van der Waals surface area contributed by atoms with Crippen molar-refractivity contribution < 1.29 is 15.0 Å². The average Bonchev–Trinajstić information content (AvgIpc) is 2.06. The molecule has 1 saturated heterocycles. The van der Waals surface area contributed by atoms with Gasteiger partial charge in [0.2, 0.25) is 0 Å². The number of carbonyl (C=O) groups is 1. The highest BCUT2D eigenvalue weighted by atomic mass is 16.4. The maximum atomic E-state index is 11.1. The maximum Gasteiger partial charge on any atom is 0.407 e. The van der Waals surface area contributed by atoms with Crippen LogP contribution < -0.4 is 0 Å². The first-order chi connectivity index (χ1) is 7.05. The minimum Gasteiger partial charge on any atom is -0.465 e. The normalized spacial score (nSPS) is 30.2. The van der Waals surface area contributed by atoms with Crippen LogP contribution in [-0.2, 0) is 0 Å². The standard InChI is InChI=1S/C12H23NO3/c1-11(2,3)8-6-13(10(15)16)7-12(4,5)9(8)14/h8-9,14H,6-7H2,1-5H3,(H,15,16). The lowest BCUT2D eigenvalue weighted by Crippen LogP contribution is -2.58. The summed E-state index contributed by atoms with van der Waals surface area (Å²) in [7, 11) is 0. The van der Waals surface area contributed by atoms with Crippen LogP contribution in [0.3, 0.4) is 0 Å². The molecule has 2 atom stereocenters. The molecule has 4 heteroatoms. The van der Waals surface area contributed by atoms with Gasteiger partial charge >= 0.3 is 6.09 Å². The molecule has 1 aliphatic heterocycles. The fourth-order valence-electron chi connectivity index (χ4n) is 2.43. The number of aliphatic hydroxyl groups excluding tert-OH is 1. The summed E-state index contributed by atoms with van der Waals surface area (Å²) in [5.41, 5.74) is -0.473. The third-order valence-electron chi connectivity index (χ3n) is 3.58. The Hall–Kier alpha value is -0.770. The van der Waals surface area contributed by atoms with E-state index in [4.69, 9.17) is 5.11 Å². The van der Waals surface area contributed by atoms with Gasteiger partial charge in [0, 0.05) is 24.4 Å². The number of hydrogen-bond donors (Lipinski definition) is 2. The number of rotatable bonds is 0. The van der Waals surface area contributed by atoms with Gasteiger partial charge in [-0.25, -0.2) is 4.79 Å². The smallest absolute Gasteiger partial charge is 0.407 e. The van der Waals surface area contributed by atoms with Crippen molar-refractivity contribution in [1.29, 1.82) is 0 Å². The van der Waals surface area contributed by atoms with E-state index in [1.807, 2.05) is 34.6 Å². The molecule has 0 spiro atoms. The van der Waals surface area contributed by atoms with Crippen LogP contribution in [-0.4, -0.2) is 40.4 Å². The van der Waals surface area contributed by atoms with E-state index >= 15 is 0 Å². The van der Waals surface area contributed by atoms with Gasteiger partial charge in [-0.3, -0.25) is 0 Å². The largest absolute Gasteiger partial charge is 0.465 e. The molecule has 1 heterocycles. The SMILES string of the molecule is CC(C)(C)C1CN(C(=O)O)CC(C)(C)C1O. The summed E-state index contributed by atoms with van der Waals surface area (Å²) in [6.45, 7) is 10.8. The van der Waals surface area contributed by atoms with Crippen molar-refractivity contribution in [2.45, 2.75) is 40.7 Å². The Labute approximate surface area is 97.3 Å². The van der Waals surface area contributed by atoms with Gasteiger partial charge in [-0.15, -0.1) is 0 Å². The van der Waals surface area contributed by atoms with E-state index in [9.17, 15) is 9.90 Å². The molecule has 0 saturated carbocycles. The summed E-state index contributed by atoms with van der Waals surface area (Å²) < 4.78 is 0. The summed E-state index contributed by atoms with van der Waals surface area (Å²) in [6, 6.07) is 0. The number of aliphatic hydroxyl groups is 1. The van der Waals surface area contributed by atoms with Crippen molar-refractivity contribution in [3.8, 4) is 0 Å². The minimum absolute atomic E-state index is 0.0210. The molecular weight excluding hydrogens is 206 g/mol. The van der Waals surface area contributed by atoms with E-state index < -0.39 is 12.2 Å². The molecule has 0 bridgehead atoms. The van der Waals surface area contributed by atoms with Crippen LogP contribution in [0.5, 0.6) is 0 Å². The second-order valence-corrected chi connectivity index (χ2v) is 6.57. The van der Waals surface area contributed by atoms with Gasteiger partial charge in [-0.2, -0.15) is 0 Å². The molecule has 2 unspecified atom stereocenters. The van der Waals surface area contributed by atoms with E-state index in [-0.39, 0.29) is 16.7 Å². The van der Waals surface area contributed by atoms with E-state index in [2.05, 4.69) is 0 Å². The zero-order valence-corrected chi connectivity index (χ0v) is 10.8. The Morgan fingerprint density at radius 1 is 1.38 bits per heavy atom. The topological polar surface area (TPSA) is 60.8 Å². The fraction of sp³-hybridized carbons (Fsp3) is 0.917. The number of nitrogens with zero attached hydrogens (tertiary/aromatic N) is 1. The highest BCUT2D eigenvalue weighted by molar-refractivity contribution is 5.65. The molecule has 1 amide bonds. The molecule has 0 aromatic heterocycles. The number of piperidine rings is 1. The zero-order valence-electron chi connectivity index (χ0n) is 10.8. The Kier molecular flexibility index (Phi) is 3.25. The third-order valence-corrected chi connectivity index (χ3v) is 3.58. The fourth-order valence-corrected chi connectivity index (χ4v) is 2.43. The Bertz CT molecular complexity index is 280. The van der Waals surface area contributed by atoms with Gasteiger partial charge in [-0.1, -0.05) is 34.6 Å². The van der Waals surface area contributed by atoms with Crippen molar-refractivity contribution in [3.63, 3.8) is 0 Å². The monoisotopic (exact) mass is 229 g/mol. The minimum atomic E-state index is -0.894. The Morgan fingerprint density at radius 2 is 1.88 bits per heavy atom. The predicted molar refractivity (Wildman–Crippen MR) is 62.3 cm³/mol. The number of carboxylic acid groups (broad SMARTS) is 1. The van der Waals surface area contributed by atoms with Gasteiger partial charge in [0.1, 0.15) is 0 Å². The molecule has 1 rings (SSSR count). The van der Waals surface area contributed by atoms with Crippen LogP contribution in [0.4, 0.5) is 4.79 Å². The molecular formula is C12H23NO3. The van der Waals surface area contributed by atoms with E-state index in [1.54, 1.807) is 0 Å². The maximum absolute atomic E-state index is 11.1. The molecule has 16 heavy (non-hydrogen) atoms. The van der Waals surface area contributed by atoms with Crippen LogP contribution in [0.2, 0.25) is 0 Å². The van der Waals surface area contributed by atoms with Gasteiger partial charge in [-0.05, 0) is 5.41 Å². The number of amides is 1.